The van der Waals surface area contributed by atoms with E-state index in [1.807, 2.05) is 0 Å². The second kappa shape index (κ2) is 8.49. The number of nitrogens with zero attached hydrogens (tertiary/aromatic N) is 4. The van der Waals surface area contributed by atoms with E-state index in [9.17, 15) is 19.1 Å². The van der Waals surface area contributed by atoms with Crippen LogP contribution in [0.15, 0.2) is 55.0 Å². The highest BCUT2D eigenvalue weighted by Crippen LogP contribution is 2.45. The van der Waals surface area contributed by atoms with Gasteiger partial charge in [-0.05, 0) is 56.7 Å². The standard InChI is InChI=1S/C26H24FN5O4/c1-25(24(28)34)14-36-22-18(25)12-20(31-21(22)15-4-6-16(27)7-5-15)26(2,35)9-8-19(33)17-13-30-32-11-3-10-29-23(17)32/h3-7,10-13,35H,8-9,14H2,1-2H3,(H2,28,34)/t25-,26-/m0/s1. The molecule has 0 spiro atoms. The Morgan fingerprint density at radius 2 is 2.06 bits per heavy atom. The lowest BCUT2D eigenvalue weighted by Crippen LogP contribution is -2.40. The van der Waals surface area contributed by atoms with Crippen LogP contribution >= 0.6 is 0 Å². The van der Waals surface area contributed by atoms with Crippen molar-refractivity contribution in [2.75, 3.05) is 6.61 Å². The summed E-state index contributed by atoms with van der Waals surface area (Å²) < 4.78 is 20.9. The SMILES string of the molecule is C[C@](O)(CCC(=O)c1cnn2cccnc12)c1cc2c(c(-c3ccc(F)cc3)n1)OC[C@]2(C)C(N)=O. The number of carbonyl (C=O) groups is 2. The predicted octanol–water partition coefficient (Wildman–Crippen LogP) is 2.94. The second-order valence-corrected chi connectivity index (χ2v) is 9.37. The number of carbonyl (C=O) groups excluding carboxylic acids is 2. The minimum atomic E-state index is -1.54. The number of hydrogen-bond acceptors (Lipinski definition) is 7. The van der Waals surface area contributed by atoms with Crippen LogP contribution in [0.25, 0.3) is 16.9 Å². The van der Waals surface area contributed by atoms with Gasteiger partial charge in [0.15, 0.2) is 11.4 Å². The van der Waals surface area contributed by atoms with Gasteiger partial charge in [0.1, 0.15) is 34.9 Å². The monoisotopic (exact) mass is 489 g/mol. The first kappa shape index (κ1) is 23.6. The lowest BCUT2D eigenvalue weighted by atomic mass is 9.81. The molecule has 1 aromatic carbocycles. The predicted molar refractivity (Wildman–Crippen MR) is 128 cm³/mol. The van der Waals surface area contributed by atoms with Crippen LogP contribution in [0.3, 0.4) is 0 Å². The molecular weight excluding hydrogens is 465 g/mol. The summed E-state index contributed by atoms with van der Waals surface area (Å²) in [6.45, 7) is 3.23. The number of aromatic nitrogens is 4. The molecule has 3 aromatic heterocycles. The highest BCUT2D eigenvalue weighted by atomic mass is 19.1. The van der Waals surface area contributed by atoms with Crippen molar-refractivity contribution in [3.05, 3.63) is 77.6 Å². The van der Waals surface area contributed by atoms with Crippen molar-refractivity contribution in [2.24, 2.45) is 5.73 Å². The molecule has 0 aliphatic carbocycles. The lowest BCUT2D eigenvalue weighted by molar-refractivity contribution is -0.123. The third-order valence-corrected chi connectivity index (χ3v) is 6.70. The summed E-state index contributed by atoms with van der Waals surface area (Å²) in [4.78, 5) is 34.2. The molecule has 9 nitrogen and oxygen atoms in total. The van der Waals surface area contributed by atoms with Gasteiger partial charge in [-0.15, -0.1) is 0 Å². The van der Waals surface area contributed by atoms with Crippen LogP contribution in [0.2, 0.25) is 0 Å². The molecule has 5 rings (SSSR count). The molecule has 0 saturated carbocycles. The van der Waals surface area contributed by atoms with Gasteiger partial charge in [-0.25, -0.2) is 18.9 Å². The minimum absolute atomic E-state index is 0.000832. The van der Waals surface area contributed by atoms with Crippen LogP contribution in [-0.4, -0.2) is 43.0 Å². The van der Waals surface area contributed by atoms with Gasteiger partial charge in [-0.3, -0.25) is 9.59 Å². The zero-order chi connectivity index (χ0) is 25.7. The van der Waals surface area contributed by atoms with E-state index in [0.29, 0.717) is 33.8 Å². The lowest BCUT2D eigenvalue weighted by Gasteiger charge is -2.25. The fourth-order valence-corrected chi connectivity index (χ4v) is 4.31. The zero-order valence-electron chi connectivity index (χ0n) is 19.7. The molecule has 0 fully saturated rings. The zero-order valence-corrected chi connectivity index (χ0v) is 19.7. The molecule has 1 aliphatic heterocycles. The number of hydrogen-bond donors (Lipinski definition) is 2. The number of rotatable bonds is 7. The molecule has 0 radical (unpaired) electrons. The second-order valence-electron chi connectivity index (χ2n) is 9.37. The van der Waals surface area contributed by atoms with Crippen molar-refractivity contribution in [2.45, 2.75) is 37.7 Å². The quantitative estimate of drug-likeness (QED) is 0.381. The normalized spacial score (nSPS) is 18.4. The first-order valence-electron chi connectivity index (χ1n) is 11.4. The van der Waals surface area contributed by atoms with E-state index < -0.39 is 22.7 Å². The van der Waals surface area contributed by atoms with Crippen LogP contribution in [0.4, 0.5) is 4.39 Å². The summed E-state index contributed by atoms with van der Waals surface area (Å²) in [6, 6.07) is 8.98. The molecule has 184 valence electrons. The first-order chi connectivity index (χ1) is 17.1. The van der Waals surface area contributed by atoms with E-state index in [4.69, 9.17) is 10.5 Å². The Labute approximate surface area is 205 Å². The Morgan fingerprint density at radius 1 is 1.31 bits per heavy atom. The number of ether oxygens (including phenoxy) is 1. The third-order valence-electron chi connectivity index (χ3n) is 6.70. The number of primary amides is 1. The number of halogens is 1. The maximum atomic E-state index is 13.6. The van der Waals surface area contributed by atoms with Gasteiger partial charge in [0.25, 0.3) is 0 Å². The van der Waals surface area contributed by atoms with E-state index in [-0.39, 0.29) is 30.9 Å². The average Bonchev–Trinajstić information content (AvgIpc) is 3.45. The largest absolute Gasteiger partial charge is 0.489 e. The molecule has 10 heteroatoms. The number of ketones is 1. The smallest absolute Gasteiger partial charge is 0.231 e. The number of nitrogens with two attached hydrogens (primary N) is 1. The van der Waals surface area contributed by atoms with Crippen molar-refractivity contribution in [1.82, 2.24) is 19.6 Å². The molecule has 3 N–H and O–H groups in total. The third kappa shape index (κ3) is 3.89. The fraction of sp³-hybridized carbons (Fsp3) is 0.269. The first-order valence-corrected chi connectivity index (χ1v) is 11.4. The maximum Gasteiger partial charge on any atom is 0.231 e. The summed E-state index contributed by atoms with van der Waals surface area (Å²) in [5.41, 5.74) is 5.43. The summed E-state index contributed by atoms with van der Waals surface area (Å²) in [5.74, 6) is -0.869. The molecule has 1 aliphatic rings. The van der Waals surface area contributed by atoms with Crippen LogP contribution < -0.4 is 10.5 Å². The molecular formula is C26H24FN5O4. The molecule has 1 amide bonds. The molecule has 36 heavy (non-hydrogen) atoms. The van der Waals surface area contributed by atoms with Gasteiger partial charge in [-0.2, -0.15) is 5.10 Å². The number of pyridine rings is 1. The molecule has 2 atom stereocenters. The van der Waals surface area contributed by atoms with E-state index in [1.54, 1.807) is 50.5 Å². The number of fused-ring (bicyclic) bond motifs is 2. The highest BCUT2D eigenvalue weighted by molar-refractivity contribution is 6.01. The van der Waals surface area contributed by atoms with Gasteiger partial charge >= 0.3 is 0 Å². The Kier molecular flexibility index (Phi) is 5.55. The highest BCUT2D eigenvalue weighted by Gasteiger charge is 2.45. The van der Waals surface area contributed by atoms with Crippen molar-refractivity contribution < 1.29 is 23.8 Å². The van der Waals surface area contributed by atoms with E-state index in [1.165, 1.54) is 22.8 Å². The molecule has 4 heterocycles. The summed E-state index contributed by atoms with van der Waals surface area (Å²) >= 11 is 0. The van der Waals surface area contributed by atoms with Crippen molar-refractivity contribution >= 4 is 17.3 Å². The number of aliphatic hydroxyl groups is 1. The Hall–Kier alpha value is -4.18. The van der Waals surface area contributed by atoms with Crippen molar-refractivity contribution in [1.29, 1.82) is 0 Å². The minimum Gasteiger partial charge on any atom is -0.489 e. The van der Waals surface area contributed by atoms with Gasteiger partial charge in [0.05, 0.1) is 17.5 Å². The van der Waals surface area contributed by atoms with E-state index >= 15 is 0 Å². The summed E-state index contributed by atoms with van der Waals surface area (Å²) in [6.07, 6.45) is 4.76. The van der Waals surface area contributed by atoms with Crippen molar-refractivity contribution in [3.63, 3.8) is 0 Å². The van der Waals surface area contributed by atoms with E-state index in [2.05, 4.69) is 15.1 Å². The fourth-order valence-electron chi connectivity index (χ4n) is 4.31. The Morgan fingerprint density at radius 3 is 2.78 bits per heavy atom. The Balaban J connectivity index is 1.51. The average molecular weight is 490 g/mol. The maximum absolute atomic E-state index is 13.6. The van der Waals surface area contributed by atoms with Crippen LogP contribution in [0.5, 0.6) is 5.75 Å². The molecule has 0 unspecified atom stereocenters. The number of Topliss-reactive ketones (excluding diaryl/α,β-unsaturated/α-hetero) is 1. The number of amides is 1. The summed E-state index contributed by atoms with van der Waals surface area (Å²) in [5, 5.41) is 15.6. The van der Waals surface area contributed by atoms with Gasteiger partial charge in [0, 0.05) is 29.9 Å². The van der Waals surface area contributed by atoms with Gasteiger partial charge in [0.2, 0.25) is 5.91 Å². The molecule has 0 bridgehead atoms. The van der Waals surface area contributed by atoms with Gasteiger partial charge in [-0.1, -0.05) is 0 Å². The number of benzene rings is 1. The van der Waals surface area contributed by atoms with E-state index in [0.717, 1.165) is 0 Å². The van der Waals surface area contributed by atoms with Gasteiger partial charge < -0.3 is 15.6 Å². The topological polar surface area (TPSA) is 133 Å². The summed E-state index contributed by atoms with van der Waals surface area (Å²) in [7, 11) is 0. The molecule has 0 saturated heterocycles. The Bertz CT molecular complexity index is 1500. The van der Waals surface area contributed by atoms with Crippen LogP contribution in [-0.2, 0) is 15.8 Å². The molecule has 4 aromatic rings. The van der Waals surface area contributed by atoms with Crippen LogP contribution in [0.1, 0.15) is 48.3 Å². The van der Waals surface area contributed by atoms with Crippen LogP contribution in [0, 0.1) is 5.82 Å². The van der Waals surface area contributed by atoms with Crippen molar-refractivity contribution in [3.8, 4) is 17.0 Å².